The summed E-state index contributed by atoms with van der Waals surface area (Å²) in [5, 5.41) is 3.21. The van der Waals surface area contributed by atoms with Crippen molar-refractivity contribution in [2.45, 2.75) is 31.3 Å². The minimum Gasteiger partial charge on any atom is -0.493 e. The zero-order valence-corrected chi connectivity index (χ0v) is 23.8. The highest BCUT2D eigenvalue weighted by atomic mass is 35.5. The number of benzene rings is 3. The van der Waals surface area contributed by atoms with E-state index in [0.717, 1.165) is 4.31 Å². The quantitative estimate of drug-likeness (QED) is 0.350. The minimum absolute atomic E-state index is 0.0523. The summed E-state index contributed by atoms with van der Waals surface area (Å²) in [6.45, 7) is 3.26. The summed E-state index contributed by atoms with van der Waals surface area (Å²) >= 11 is 6.15. The lowest BCUT2D eigenvalue weighted by Crippen LogP contribution is -2.51. The highest BCUT2D eigenvalue weighted by Gasteiger charge is 2.33. The van der Waals surface area contributed by atoms with Crippen molar-refractivity contribution in [3.63, 3.8) is 0 Å². The Labute approximate surface area is 234 Å². The molecule has 0 aliphatic carbocycles. The molecular weight excluding hydrogens is 542 g/mol. The Morgan fingerprint density at radius 2 is 1.64 bits per heavy atom. The molecule has 0 radical (unpaired) electrons. The first-order chi connectivity index (χ1) is 18.6. The molecule has 208 valence electrons. The second-order valence-electron chi connectivity index (χ2n) is 8.59. The van der Waals surface area contributed by atoms with Gasteiger partial charge in [-0.3, -0.25) is 13.9 Å². The van der Waals surface area contributed by atoms with Crippen molar-refractivity contribution in [1.82, 2.24) is 10.2 Å². The summed E-state index contributed by atoms with van der Waals surface area (Å²) in [5.41, 5.74) is 0.981. The number of halogens is 1. The normalized spacial score (nSPS) is 11.8. The summed E-state index contributed by atoms with van der Waals surface area (Å²) in [7, 11) is -1.39. The van der Waals surface area contributed by atoms with Gasteiger partial charge in [0.2, 0.25) is 11.8 Å². The second-order valence-corrected chi connectivity index (χ2v) is 10.9. The molecule has 2 amide bonds. The summed E-state index contributed by atoms with van der Waals surface area (Å²) in [6, 6.07) is 18.6. The van der Waals surface area contributed by atoms with Gasteiger partial charge in [-0.15, -0.1) is 0 Å². The van der Waals surface area contributed by atoms with E-state index in [1.807, 2.05) is 0 Å². The predicted octanol–water partition coefficient (Wildman–Crippen LogP) is 4.11. The smallest absolute Gasteiger partial charge is 0.264 e. The molecular formula is C28H32ClN3O6S. The fraction of sp³-hybridized carbons (Fsp3) is 0.286. The topological polar surface area (TPSA) is 105 Å². The number of hydrogen-bond donors (Lipinski definition) is 1. The number of sulfonamides is 1. The lowest BCUT2D eigenvalue weighted by molar-refractivity contribution is -0.139. The van der Waals surface area contributed by atoms with E-state index in [4.69, 9.17) is 21.1 Å². The third-order valence-electron chi connectivity index (χ3n) is 6.03. The monoisotopic (exact) mass is 573 g/mol. The van der Waals surface area contributed by atoms with Crippen LogP contribution in [0.1, 0.15) is 19.4 Å². The summed E-state index contributed by atoms with van der Waals surface area (Å²) in [6.07, 6.45) is 0. The van der Waals surface area contributed by atoms with Crippen LogP contribution in [-0.2, 0) is 26.2 Å². The number of ether oxygens (including phenoxy) is 2. The van der Waals surface area contributed by atoms with Crippen LogP contribution in [0.3, 0.4) is 0 Å². The van der Waals surface area contributed by atoms with Gasteiger partial charge in [0.25, 0.3) is 10.0 Å². The van der Waals surface area contributed by atoms with Crippen LogP contribution in [0.4, 0.5) is 5.69 Å². The molecule has 0 spiro atoms. The number of para-hydroxylation sites is 1. The molecule has 3 rings (SSSR count). The van der Waals surface area contributed by atoms with Crippen molar-refractivity contribution >= 4 is 39.1 Å². The van der Waals surface area contributed by atoms with E-state index >= 15 is 0 Å². The van der Waals surface area contributed by atoms with Crippen LogP contribution in [-0.4, -0.2) is 58.5 Å². The summed E-state index contributed by atoms with van der Waals surface area (Å²) in [5.74, 6) is -0.337. The van der Waals surface area contributed by atoms with E-state index in [9.17, 15) is 18.0 Å². The first kappa shape index (κ1) is 29.8. The molecule has 0 fully saturated rings. The molecule has 0 heterocycles. The van der Waals surface area contributed by atoms with Crippen LogP contribution in [0.15, 0.2) is 77.7 Å². The Balaban J connectivity index is 2.04. The first-order valence-electron chi connectivity index (χ1n) is 12.2. The Morgan fingerprint density at radius 3 is 2.26 bits per heavy atom. The largest absolute Gasteiger partial charge is 0.493 e. The average Bonchev–Trinajstić information content (AvgIpc) is 2.94. The van der Waals surface area contributed by atoms with Crippen LogP contribution >= 0.6 is 11.6 Å². The van der Waals surface area contributed by atoms with Gasteiger partial charge in [-0.1, -0.05) is 41.9 Å². The van der Waals surface area contributed by atoms with E-state index in [0.29, 0.717) is 22.9 Å². The predicted molar refractivity (Wildman–Crippen MR) is 151 cm³/mol. The molecule has 1 atom stereocenters. The van der Waals surface area contributed by atoms with E-state index in [1.165, 1.54) is 37.3 Å². The van der Waals surface area contributed by atoms with Crippen LogP contribution in [0.25, 0.3) is 0 Å². The second kappa shape index (κ2) is 13.3. The van der Waals surface area contributed by atoms with E-state index in [2.05, 4.69) is 5.32 Å². The molecule has 0 saturated carbocycles. The minimum atomic E-state index is -4.25. The Kier molecular flexibility index (Phi) is 10.2. The number of nitrogens with one attached hydrogen (secondary N) is 1. The van der Waals surface area contributed by atoms with Crippen LogP contribution in [0.5, 0.6) is 11.5 Å². The molecule has 0 aliphatic rings. The number of nitrogens with zero attached hydrogens (tertiary/aromatic N) is 2. The maximum Gasteiger partial charge on any atom is 0.264 e. The number of methoxy groups -OCH3 is 2. The number of amides is 2. The zero-order chi connectivity index (χ0) is 28.6. The molecule has 9 nitrogen and oxygen atoms in total. The molecule has 39 heavy (non-hydrogen) atoms. The first-order valence-corrected chi connectivity index (χ1v) is 14.1. The number of likely N-dealkylation sites (N-methyl/N-ethyl adjacent to an activating group) is 1. The fourth-order valence-electron chi connectivity index (χ4n) is 3.96. The number of rotatable bonds is 12. The van der Waals surface area contributed by atoms with Gasteiger partial charge in [0.1, 0.15) is 12.6 Å². The molecule has 1 N–H and O–H groups in total. The standard InChI is InChI=1S/C28H32ClN3O6S/c1-5-30-28(34)20(2)31(18-21-10-9-11-22(29)16-21)27(33)19-32(23-12-7-6-8-13-23)39(35,36)24-14-15-25(37-3)26(17-24)38-4/h6-17,20H,5,18-19H2,1-4H3,(H,30,34)/t20-/m0/s1. The van der Waals surface area contributed by atoms with Gasteiger partial charge in [-0.2, -0.15) is 0 Å². The van der Waals surface area contributed by atoms with Gasteiger partial charge in [0, 0.05) is 24.2 Å². The van der Waals surface area contributed by atoms with Crippen molar-refractivity contribution in [3.05, 3.63) is 83.4 Å². The van der Waals surface area contributed by atoms with Gasteiger partial charge in [-0.05, 0) is 55.8 Å². The lowest BCUT2D eigenvalue weighted by Gasteiger charge is -2.32. The van der Waals surface area contributed by atoms with Crippen molar-refractivity contribution in [2.24, 2.45) is 0 Å². The van der Waals surface area contributed by atoms with Crippen molar-refractivity contribution in [2.75, 3.05) is 31.6 Å². The maximum absolute atomic E-state index is 13.9. The Morgan fingerprint density at radius 1 is 0.949 bits per heavy atom. The molecule has 0 unspecified atom stereocenters. The average molecular weight is 574 g/mol. The highest BCUT2D eigenvalue weighted by molar-refractivity contribution is 7.92. The number of anilines is 1. The van der Waals surface area contributed by atoms with Gasteiger partial charge in [-0.25, -0.2) is 8.42 Å². The lowest BCUT2D eigenvalue weighted by atomic mass is 10.1. The van der Waals surface area contributed by atoms with Gasteiger partial charge < -0.3 is 19.7 Å². The molecule has 3 aromatic carbocycles. The third-order valence-corrected chi connectivity index (χ3v) is 8.03. The SMILES string of the molecule is CCNC(=O)[C@H](C)N(Cc1cccc(Cl)c1)C(=O)CN(c1ccccc1)S(=O)(=O)c1ccc(OC)c(OC)c1. The molecule has 11 heteroatoms. The van der Waals surface area contributed by atoms with E-state index in [1.54, 1.807) is 68.4 Å². The van der Waals surface area contributed by atoms with Crippen LogP contribution < -0.4 is 19.1 Å². The third kappa shape index (κ3) is 7.21. The van der Waals surface area contributed by atoms with Crippen molar-refractivity contribution in [3.8, 4) is 11.5 Å². The Hall–Kier alpha value is -3.76. The Bertz CT molecular complexity index is 1400. The van der Waals surface area contributed by atoms with Crippen molar-refractivity contribution < 1.29 is 27.5 Å². The number of carbonyl (C=O) groups is 2. The number of carbonyl (C=O) groups excluding carboxylic acids is 2. The molecule has 0 bridgehead atoms. The van der Waals surface area contributed by atoms with Gasteiger partial charge in [0.05, 0.1) is 24.8 Å². The van der Waals surface area contributed by atoms with E-state index < -0.39 is 28.5 Å². The highest BCUT2D eigenvalue weighted by Crippen LogP contribution is 2.32. The van der Waals surface area contributed by atoms with Gasteiger partial charge in [0.15, 0.2) is 11.5 Å². The van der Waals surface area contributed by atoms with Gasteiger partial charge >= 0.3 is 0 Å². The molecule has 0 aromatic heterocycles. The maximum atomic E-state index is 13.9. The molecule has 0 saturated heterocycles. The summed E-state index contributed by atoms with van der Waals surface area (Å²) in [4.78, 5) is 27.8. The fourth-order valence-corrected chi connectivity index (χ4v) is 5.61. The van der Waals surface area contributed by atoms with Crippen LogP contribution in [0.2, 0.25) is 5.02 Å². The van der Waals surface area contributed by atoms with Crippen molar-refractivity contribution in [1.29, 1.82) is 0 Å². The van der Waals surface area contributed by atoms with E-state index in [-0.39, 0.29) is 28.8 Å². The molecule has 0 aliphatic heterocycles. The summed E-state index contributed by atoms with van der Waals surface area (Å²) < 4.78 is 39.4. The van der Waals surface area contributed by atoms with Crippen LogP contribution in [0, 0.1) is 0 Å². The number of hydrogen-bond acceptors (Lipinski definition) is 6. The molecule has 3 aromatic rings. The zero-order valence-electron chi connectivity index (χ0n) is 22.3.